The van der Waals surface area contributed by atoms with Gasteiger partial charge in [0.1, 0.15) is 10.4 Å². The lowest BCUT2D eigenvalue weighted by molar-refractivity contribution is -0.130. The normalized spacial score (nSPS) is 19.2. The first-order chi connectivity index (χ1) is 12.1. The zero-order chi connectivity index (χ0) is 17.8. The Bertz CT molecular complexity index is 730. The van der Waals surface area contributed by atoms with Gasteiger partial charge in [-0.25, -0.2) is 4.98 Å². The molecule has 132 valence electrons. The molecule has 0 N–H and O–H groups in total. The molecule has 2 aromatic rings. The molecular weight excluding hydrogens is 384 g/mol. The average Bonchev–Trinajstić information content (AvgIpc) is 2.60. The van der Waals surface area contributed by atoms with Gasteiger partial charge in [-0.2, -0.15) is 0 Å². The second-order valence-electron chi connectivity index (χ2n) is 6.11. The van der Waals surface area contributed by atoms with E-state index >= 15 is 0 Å². The molecule has 0 atom stereocenters. The van der Waals surface area contributed by atoms with E-state index in [2.05, 4.69) is 20.9 Å². The van der Waals surface area contributed by atoms with Crippen molar-refractivity contribution in [1.29, 1.82) is 0 Å². The van der Waals surface area contributed by atoms with Gasteiger partial charge in [0.2, 0.25) is 5.91 Å². The van der Waals surface area contributed by atoms with E-state index < -0.39 is 0 Å². The minimum atomic E-state index is -0.00435. The van der Waals surface area contributed by atoms with Gasteiger partial charge in [0.25, 0.3) is 0 Å². The third-order valence-electron chi connectivity index (χ3n) is 4.57. The lowest BCUT2D eigenvalue weighted by atomic mass is 9.81. The number of amides is 1. The van der Waals surface area contributed by atoms with E-state index in [1.807, 2.05) is 36.4 Å². The average molecular weight is 405 g/mol. The zero-order valence-corrected chi connectivity index (χ0v) is 15.9. The molecule has 1 aliphatic rings. The molecular formula is C19H21BrN2O3. The van der Waals surface area contributed by atoms with Crippen LogP contribution >= 0.6 is 15.9 Å². The highest BCUT2D eigenvalue weighted by Crippen LogP contribution is 2.35. The van der Waals surface area contributed by atoms with Gasteiger partial charge < -0.3 is 14.4 Å². The molecule has 5 nitrogen and oxygen atoms in total. The van der Waals surface area contributed by atoms with Crippen LogP contribution in [0.15, 0.2) is 47.2 Å². The Kier molecular flexibility index (Phi) is 5.71. The van der Waals surface area contributed by atoms with E-state index in [4.69, 9.17) is 9.47 Å². The Labute approximate surface area is 156 Å². The largest absolute Gasteiger partial charge is 0.497 e. The topological polar surface area (TPSA) is 51.7 Å². The molecule has 0 radical (unpaired) electrons. The van der Waals surface area contributed by atoms with Crippen molar-refractivity contribution in [1.82, 2.24) is 4.98 Å². The third-order valence-corrected chi connectivity index (χ3v) is 5.18. The number of pyridine rings is 1. The number of halogens is 1. The van der Waals surface area contributed by atoms with Crippen molar-refractivity contribution in [3.05, 3.63) is 52.8 Å². The number of carbonyl (C=O) groups excluding carboxylic acids is 1. The Morgan fingerprint density at radius 3 is 2.56 bits per heavy atom. The Balaban J connectivity index is 1.83. The maximum absolute atomic E-state index is 13.1. The standard InChI is InChI=1S/C19H21BrN2O3/c1-24-15-7-5-13(6-8-15)12-22(17-4-3-9-21-18(17)20)19(23)14-10-16(11-14)25-2/h3-9,14,16H,10-12H2,1-2H3. The van der Waals surface area contributed by atoms with Gasteiger partial charge in [0.05, 0.1) is 25.4 Å². The molecule has 1 aliphatic carbocycles. The van der Waals surface area contributed by atoms with Gasteiger partial charge in [0.15, 0.2) is 0 Å². The van der Waals surface area contributed by atoms with E-state index in [-0.39, 0.29) is 17.9 Å². The van der Waals surface area contributed by atoms with Crippen LogP contribution in [0.3, 0.4) is 0 Å². The Morgan fingerprint density at radius 2 is 1.96 bits per heavy atom. The van der Waals surface area contributed by atoms with E-state index in [1.165, 1.54) is 0 Å². The minimum absolute atomic E-state index is 0.00435. The molecule has 6 heteroatoms. The smallest absolute Gasteiger partial charge is 0.230 e. The van der Waals surface area contributed by atoms with Gasteiger partial charge >= 0.3 is 0 Å². The monoisotopic (exact) mass is 404 g/mol. The van der Waals surface area contributed by atoms with Gasteiger partial charge in [0, 0.05) is 19.2 Å². The SMILES string of the molecule is COc1ccc(CN(C(=O)C2CC(OC)C2)c2cccnc2Br)cc1. The molecule has 0 bridgehead atoms. The number of hydrogen-bond donors (Lipinski definition) is 0. The van der Waals surface area contributed by atoms with Crippen LogP contribution in [0.1, 0.15) is 18.4 Å². The van der Waals surface area contributed by atoms with Crippen LogP contribution in [-0.2, 0) is 16.1 Å². The fourth-order valence-corrected chi connectivity index (χ4v) is 3.42. The van der Waals surface area contributed by atoms with Gasteiger partial charge in [-0.3, -0.25) is 4.79 Å². The summed E-state index contributed by atoms with van der Waals surface area (Å²) >= 11 is 3.47. The van der Waals surface area contributed by atoms with Crippen molar-refractivity contribution in [2.24, 2.45) is 5.92 Å². The lowest BCUT2D eigenvalue weighted by Crippen LogP contribution is -2.44. The van der Waals surface area contributed by atoms with Crippen molar-refractivity contribution in [2.45, 2.75) is 25.5 Å². The van der Waals surface area contributed by atoms with E-state index in [1.54, 1.807) is 25.3 Å². The quantitative estimate of drug-likeness (QED) is 0.686. The summed E-state index contributed by atoms with van der Waals surface area (Å²) in [4.78, 5) is 19.1. The second-order valence-corrected chi connectivity index (χ2v) is 6.86. The molecule has 1 saturated carbocycles. The van der Waals surface area contributed by atoms with Crippen molar-refractivity contribution in [2.75, 3.05) is 19.1 Å². The number of methoxy groups -OCH3 is 2. The number of rotatable bonds is 6. The maximum atomic E-state index is 13.1. The third kappa shape index (κ3) is 4.02. The summed E-state index contributed by atoms with van der Waals surface area (Å²) in [5.74, 6) is 0.902. The lowest BCUT2D eigenvalue weighted by Gasteiger charge is -2.37. The zero-order valence-electron chi connectivity index (χ0n) is 14.3. The first-order valence-corrected chi connectivity index (χ1v) is 8.99. The Morgan fingerprint density at radius 1 is 1.24 bits per heavy atom. The fourth-order valence-electron chi connectivity index (χ4n) is 2.95. The van der Waals surface area contributed by atoms with Crippen LogP contribution in [0.5, 0.6) is 5.75 Å². The summed E-state index contributed by atoms with van der Waals surface area (Å²) in [6, 6.07) is 11.5. The van der Waals surface area contributed by atoms with Crippen LogP contribution in [0.4, 0.5) is 5.69 Å². The number of anilines is 1. The first kappa shape index (κ1) is 17.9. The summed E-state index contributed by atoms with van der Waals surface area (Å²) in [7, 11) is 3.33. The van der Waals surface area contributed by atoms with Gasteiger partial charge in [-0.1, -0.05) is 12.1 Å². The molecule has 0 unspecified atom stereocenters. The summed E-state index contributed by atoms with van der Waals surface area (Å²) in [5.41, 5.74) is 1.82. The maximum Gasteiger partial charge on any atom is 0.230 e. The number of nitrogens with zero attached hydrogens (tertiary/aromatic N) is 2. The molecule has 0 spiro atoms. The number of ether oxygens (including phenoxy) is 2. The predicted molar refractivity (Wildman–Crippen MR) is 99.6 cm³/mol. The van der Waals surface area contributed by atoms with E-state index in [9.17, 15) is 4.79 Å². The first-order valence-electron chi connectivity index (χ1n) is 8.20. The Hall–Kier alpha value is -1.92. The molecule has 1 aromatic heterocycles. The van der Waals surface area contributed by atoms with Crippen LogP contribution in [-0.4, -0.2) is 31.2 Å². The van der Waals surface area contributed by atoms with Crippen molar-refractivity contribution in [3.8, 4) is 5.75 Å². The van der Waals surface area contributed by atoms with Crippen molar-refractivity contribution in [3.63, 3.8) is 0 Å². The molecule has 1 amide bonds. The molecule has 0 saturated heterocycles. The molecule has 1 aromatic carbocycles. The van der Waals surface area contributed by atoms with Crippen molar-refractivity contribution >= 4 is 27.5 Å². The van der Waals surface area contributed by atoms with E-state index in [0.29, 0.717) is 11.1 Å². The highest BCUT2D eigenvalue weighted by molar-refractivity contribution is 9.10. The number of carbonyl (C=O) groups is 1. The fraction of sp³-hybridized carbons (Fsp3) is 0.368. The van der Waals surface area contributed by atoms with Gasteiger partial charge in [-0.15, -0.1) is 0 Å². The summed E-state index contributed by atoms with van der Waals surface area (Å²) < 4.78 is 11.2. The number of benzene rings is 1. The minimum Gasteiger partial charge on any atom is -0.497 e. The summed E-state index contributed by atoms with van der Waals surface area (Å²) in [5, 5.41) is 0. The predicted octanol–water partition coefficient (Wildman–Crippen LogP) is 3.81. The molecule has 0 aliphatic heterocycles. The second kappa shape index (κ2) is 7.97. The summed E-state index contributed by atoms with van der Waals surface area (Å²) in [6.45, 7) is 0.487. The van der Waals surface area contributed by atoms with Crippen LogP contribution in [0.25, 0.3) is 0 Å². The van der Waals surface area contributed by atoms with Crippen LogP contribution < -0.4 is 9.64 Å². The molecule has 3 rings (SSSR count). The van der Waals surface area contributed by atoms with Crippen molar-refractivity contribution < 1.29 is 14.3 Å². The highest BCUT2D eigenvalue weighted by atomic mass is 79.9. The molecule has 1 heterocycles. The number of hydrogen-bond acceptors (Lipinski definition) is 4. The molecule has 25 heavy (non-hydrogen) atoms. The van der Waals surface area contributed by atoms with Crippen LogP contribution in [0.2, 0.25) is 0 Å². The van der Waals surface area contributed by atoms with Gasteiger partial charge in [-0.05, 0) is 58.6 Å². The van der Waals surface area contributed by atoms with Crippen LogP contribution in [0, 0.1) is 5.92 Å². The summed E-state index contributed by atoms with van der Waals surface area (Å²) in [6.07, 6.45) is 3.43. The molecule has 1 fully saturated rings. The number of aromatic nitrogens is 1. The van der Waals surface area contributed by atoms with E-state index in [0.717, 1.165) is 29.8 Å². The highest BCUT2D eigenvalue weighted by Gasteiger charge is 2.37.